The predicted octanol–water partition coefficient (Wildman–Crippen LogP) is 18.8. The van der Waals surface area contributed by atoms with Crippen molar-refractivity contribution in [3.63, 3.8) is 0 Å². The van der Waals surface area contributed by atoms with Crippen molar-refractivity contribution >= 4 is 0 Å². The van der Waals surface area contributed by atoms with Crippen LogP contribution in [0.1, 0.15) is 0 Å². The SMILES string of the molecule is c1ccc(-c2cccc(-c3cc(-c4cccc(-c5ccccc5)c4)cc(-c4nc(-c5cc(-c6ccccc6)cc(-c6ccccc6)c5)cc(-c5cc(-c6ccccc6)cc(-c6ccccc6)c5)n4)c3)c2)cc1. The molecular formula is C70H48N2. The van der Waals surface area contributed by atoms with Crippen LogP contribution in [0.2, 0.25) is 0 Å². The Kier molecular flexibility index (Phi) is 12.1. The number of aromatic nitrogens is 2. The molecule has 72 heavy (non-hydrogen) atoms. The van der Waals surface area contributed by atoms with Crippen LogP contribution >= 0.6 is 0 Å². The van der Waals surface area contributed by atoms with Gasteiger partial charge >= 0.3 is 0 Å². The van der Waals surface area contributed by atoms with Gasteiger partial charge in [-0.1, -0.05) is 218 Å². The van der Waals surface area contributed by atoms with E-state index in [-0.39, 0.29) is 0 Å². The normalized spacial score (nSPS) is 11.1. The van der Waals surface area contributed by atoms with Crippen molar-refractivity contribution in [1.82, 2.24) is 9.97 Å². The zero-order valence-electron chi connectivity index (χ0n) is 39.6. The molecule has 0 aliphatic carbocycles. The minimum absolute atomic E-state index is 0.641. The molecule has 1 heterocycles. The van der Waals surface area contributed by atoms with E-state index in [2.05, 4.69) is 291 Å². The first-order valence-corrected chi connectivity index (χ1v) is 24.5. The van der Waals surface area contributed by atoms with Gasteiger partial charge in [0.1, 0.15) is 0 Å². The molecule has 12 aromatic rings. The van der Waals surface area contributed by atoms with E-state index in [9.17, 15) is 0 Å². The van der Waals surface area contributed by atoms with Crippen molar-refractivity contribution in [2.45, 2.75) is 0 Å². The van der Waals surface area contributed by atoms with Crippen molar-refractivity contribution in [3.05, 3.63) is 291 Å². The van der Waals surface area contributed by atoms with Gasteiger partial charge in [-0.3, -0.25) is 0 Å². The number of benzene rings is 11. The smallest absolute Gasteiger partial charge is 0.160 e. The lowest BCUT2D eigenvalue weighted by atomic mass is 9.92. The van der Waals surface area contributed by atoms with E-state index < -0.39 is 0 Å². The largest absolute Gasteiger partial charge is 0.228 e. The number of rotatable bonds is 11. The average Bonchev–Trinajstić information content (AvgIpc) is 3.48. The first-order valence-electron chi connectivity index (χ1n) is 24.5. The second kappa shape index (κ2) is 19.8. The van der Waals surface area contributed by atoms with Gasteiger partial charge in [-0.05, 0) is 162 Å². The molecule has 0 aliphatic rings. The summed E-state index contributed by atoms with van der Waals surface area (Å²) in [5.41, 5.74) is 22.7. The highest BCUT2D eigenvalue weighted by Crippen LogP contribution is 2.40. The highest BCUT2D eigenvalue weighted by molar-refractivity contribution is 5.87. The van der Waals surface area contributed by atoms with Crippen LogP contribution in [0.3, 0.4) is 0 Å². The lowest BCUT2D eigenvalue weighted by Crippen LogP contribution is -1.98. The fraction of sp³-hybridized carbons (Fsp3) is 0. The summed E-state index contributed by atoms with van der Waals surface area (Å²) >= 11 is 0. The molecule has 2 heteroatoms. The standard InChI is InChI=1S/C70H48N2/c1-7-21-49(22-8-1)55-33-19-35-57(37-55)63-41-64(58-36-20-34-56(38-58)50-23-9-2-10-24-50)47-67(46-63)70-71-68(65-42-59(51-25-11-3-12-26-51)39-60(43-65)52-27-13-4-14-28-52)48-69(72-70)66-44-61(53-29-15-5-16-30-53)40-62(45-66)54-31-17-6-18-32-54/h1-48H. The minimum atomic E-state index is 0.641. The van der Waals surface area contributed by atoms with Crippen LogP contribution in [-0.2, 0) is 0 Å². The average molecular weight is 917 g/mol. The van der Waals surface area contributed by atoms with Crippen LogP contribution in [0, 0.1) is 0 Å². The van der Waals surface area contributed by atoms with E-state index in [1.807, 2.05) is 0 Å². The number of hydrogen-bond acceptors (Lipinski definition) is 2. The van der Waals surface area contributed by atoms with E-state index in [1.165, 1.54) is 11.1 Å². The van der Waals surface area contributed by atoms with Crippen LogP contribution in [0.4, 0.5) is 0 Å². The zero-order chi connectivity index (χ0) is 48.1. The fourth-order valence-electron chi connectivity index (χ4n) is 9.72. The molecule has 11 aromatic carbocycles. The van der Waals surface area contributed by atoms with Gasteiger partial charge < -0.3 is 0 Å². The summed E-state index contributed by atoms with van der Waals surface area (Å²) in [4.78, 5) is 11.2. The Bertz CT molecular complexity index is 3450. The molecule has 0 unspecified atom stereocenters. The summed E-state index contributed by atoms with van der Waals surface area (Å²) in [5.74, 6) is 0.641. The number of hydrogen-bond donors (Lipinski definition) is 0. The quantitative estimate of drug-likeness (QED) is 0.129. The molecule has 338 valence electrons. The highest BCUT2D eigenvalue weighted by Gasteiger charge is 2.18. The Morgan fingerprint density at radius 2 is 0.333 bits per heavy atom. The van der Waals surface area contributed by atoms with E-state index in [0.29, 0.717) is 5.82 Å². The maximum Gasteiger partial charge on any atom is 0.160 e. The van der Waals surface area contributed by atoms with Gasteiger partial charge in [-0.25, -0.2) is 9.97 Å². The molecular weight excluding hydrogens is 869 g/mol. The molecule has 0 amide bonds. The molecule has 0 atom stereocenters. The maximum absolute atomic E-state index is 5.62. The Morgan fingerprint density at radius 1 is 0.139 bits per heavy atom. The summed E-state index contributed by atoms with van der Waals surface area (Å²) in [6.45, 7) is 0. The van der Waals surface area contributed by atoms with Gasteiger partial charge in [0.05, 0.1) is 11.4 Å². The zero-order valence-corrected chi connectivity index (χ0v) is 39.6. The molecule has 1 aromatic heterocycles. The third kappa shape index (κ3) is 9.46. The highest BCUT2D eigenvalue weighted by atomic mass is 14.9. The van der Waals surface area contributed by atoms with Crippen LogP contribution in [0.15, 0.2) is 291 Å². The molecule has 0 N–H and O–H groups in total. The monoisotopic (exact) mass is 916 g/mol. The first-order chi connectivity index (χ1) is 35.6. The van der Waals surface area contributed by atoms with Gasteiger partial charge in [-0.2, -0.15) is 0 Å². The van der Waals surface area contributed by atoms with E-state index in [0.717, 1.165) is 106 Å². The van der Waals surface area contributed by atoms with Crippen molar-refractivity contribution in [2.24, 2.45) is 0 Å². The molecule has 0 bridgehead atoms. The second-order valence-electron chi connectivity index (χ2n) is 18.2. The predicted molar refractivity (Wildman–Crippen MR) is 302 cm³/mol. The van der Waals surface area contributed by atoms with Crippen LogP contribution in [-0.4, -0.2) is 9.97 Å². The minimum Gasteiger partial charge on any atom is -0.228 e. The molecule has 0 fully saturated rings. The Hall–Kier alpha value is -9.50. The molecule has 0 saturated carbocycles. The Morgan fingerprint density at radius 3 is 0.625 bits per heavy atom. The molecule has 0 saturated heterocycles. The third-order valence-corrected chi connectivity index (χ3v) is 13.4. The summed E-state index contributed by atoms with van der Waals surface area (Å²) in [7, 11) is 0. The van der Waals surface area contributed by atoms with E-state index in [4.69, 9.17) is 9.97 Å². The van der Waals surface area contributed by atoms with Gasteiger partial charge in [-0.15, -0.1) is 0 Å². The lowest BCUT2D eigenvalue weighted by molar-refractivity contribution is 1.18. The third-order valence-electron chi connectivity index (χ3n) is 13.4. The molecule has 0 radical (unpaired) electrons. The topological polar surface area (TPSA) is 25.8 Å². The van der Waals surface area contributed by atoms with Crippen molar-refractivity contribution in [3.8, 4) is 123 Å². The maximum atomic E-state index is 5.62. The van der Waals surface area contributed by atoms with Gasteiger partial charge in [0, 0.05) is 16.7 Å². The van der Waals surface area contributed by atoms with Gasteiger partial charge in [0.15, 0.2) is 5.82 Å². The van der Waals surface area contributed by atoms with Crippen molar-refractivity contribution in [1.29, 1.82) is 0 Å². The van der Waals surface area contributed by atoms with Gasteiger partial charge in [0.25, 0.3) is 0 Å². The lowest BCUT2D eigenvalue weighted by Gasteiger charge is -2.16. The number of nitrogens with zero attached hydrogens (tertiary/aromatic N) is 2. The van der Waals surface area contributed by atoms with Crippen LogP contribution < -0.4 is 0 Å². The molecule has 0 aliphatic heterocycles. The molecule has 2 nitrogen and oxygen atoms in total. The summed E-state index contributed by atoms with van der Waals surface area (Å²) in [5, 5.41) is 0. The summed E-state index contributed by atoms with van der Waals surface area (Å²) in [6, 6.07) is 104. The Balaban J connectivity index is 1.11. The summed E-state index contributed by atoms with van der Waals surface area (Å²) in [6.07, 6.45) is 0. The second-order valence-corrected chi connectivity index (χ2v) is 18.2. The Labute approximate surface area is 421 Å². The van der Waals surface area contributed by atoms with E-state index >= 15 is 0 Å². The summed E-state index contributed by atoms with van der Waals surface area (Å²) < 4.78 is 0. The van der Waals surface area contributed by atoms with Crippen molar-refractivity contribution in [2.75, 3.05) is 0 Å². The van der Waals surface area contributed by atoms with Crippen molar-refractivity contribution < 1.29 is 0 Å². The molecule has 0 spiro atoms. The first kappa shape index (κ1) is 43.8. The van der Waals surface area contributed by atoms with E-state index in [1.54, 1.807) is 0 Å². The fourth-order valence-corrected chi connectivity index (χ4v) is 9.72. The van der Waals surface area contributed by atoms with Gasteiger partial charge in [0.2, 0.25) is 0 Å². The molecule has 12 rings (SSSR count). The van der Waals surface area contributed by atoms with Crippen LogP contribution in [0.25, 0.3) is 123 Å². The van der Waals surface area contributed by atoms with Crippen LogP contribution in [0.5, 0.6) is 0 Å².